The first kappa shape index (κ1) is 17.9. The van der Waals surface area contributed by atoms with Gasteiger partial charge in [0.2, 0.25) is 5.89 Å². The van der Waals surface area contributed by atoms with Crippen molar-refractivity contribution in [2.75, 3.05) is 13.7 Å². The van der Waals surface area contributed by atoms with Crippen LogP contribution in [0.2, 0.25) is 0 Å². The van der Waals surface area contributed by atoms with E-state index in [1.165, 1.54) is 12.1 Å². The number of fused-ring (bicyclic) bond motifs is 1. The lowest BCUT2D eigenvalue weighted by Crippen LogP contribution is -2.27. The number of nitrogens with zero attached hydrogens (tertiary/aromatic N) is 3. The fraction of sp³-hybridized carbons (Fsp3) is 0.333. The first-order valence-electron chi connectivity index (χ1n) is 8.17. The maximum absolute atomic E-state index is 13.4. The average Bonchev–Trinajstić information content (AvgIpc) is 3.07. The van der Waals surface area contributed by atoms with Gasteiger partial charge in [0.05, 0.1) is 17.7 Å². The van der Waals surface area contributed by atoms with Crippen molar-refractivity contribution < 1.29 is 18.4 Å². The number of rotatable bonds is 6. The second kappa shape index (κ2) is 7.57. The van der Waals surface area contributed by atoms with Crippen LogP contribution in [0.15, 0.2) is 28.8 Å². The number of benzene rings is 1. The van der Waals surface area contributed by atoms with Crippen molar-refractivity contribution in [1.29, 1.82) is 0 Å². The summed E-state index contributed by atoms with van der Waals surface area (Å²) < 4.78 is 23.6. The van der Waals surface area contributed by atoms with Crippen LogP contribution in [0.3, 0.4) is 0 Å². The molecule has 0 aliphatic carbocycles. The molecule has 7 nitrogen and oxygen atoms in total. The van der Waals surface area contributed by atoms with Crippen LogP contribution in [-0.4, -0.2) is 34.7 Å². The van der Waals surface area contributed by atoms with Crippen molar-refractivity contribution >= 4 is 16.8 Å². The Balaban J connectivity index is 1.81. The smallest absolute Gasteiger partial charge is 0.252 e. The van der Waals surface area contributed by atoms with Crippen LogP contribution < -0.4 is 5.32 Å². The van der Waals surface area contributed by atoms with Crippen LogP contribution in [0.5, 0.6) is 0 Å². The summed E-state index contributed by atoms with van der Waals surface area (Å²) in [5, 5.41) is 7.26. The zero-order valence-corrected chi connectivity index (χ0v) is 14.7. The summed E-state index contributed by atoms with van der Waals surface area (Å²) in [7, 11) is 1.59. The first-order valence-corrected chi connectivity index (χ1v) is 8.17. The Morgan fingerprint density at radius 1 is 1.35 bits per heavy atom. The number of aromatic nitrogens is 3. The third kappa shape index (κ3) is 3.85. The number of pyridine rings is 1. The zero-order valence-electron chi connectivity index (χ0n) is 14.7. The summed E-state index contributed by atoms with van der Waals surface area (Å²) in [6.45, 7) is 3.99. The van der Waals surface area contributed by atoms with E-state index in [9.17, 15) is 9.18 Å². The number of carbonyl (C=O) groups is 1. The number of hydrogen-bond donors (Lipinski definition) is 1. The third-order valence-electron chi connectivity index (χ3n) is 3.88. The summed E-state index contributed by atoms with van der Waals surface area (Å²) in [5.74, 6) is 0.107. The van der Waals surface area contributed by atoms with Gasteiger partial charge in [0.1, 0.15) is 11.9 Å². The predicted octanol–water partition coefficient (Wildman–Crippen LogP) is 2.75. The molecule has 0 aliphatic heterocycles. The summed E-state index contributed by atoms with van der Waals surface area (Å²) in [6.07, 6.45) is 0.528. The van der Waals surface area contributed by atoms with E-state index >= 15 is 0 Å². The average molecular weight is 358 g/mol. The second-order valence-corrected chi connectivity index (χ2v) is 5.96. The Hall–Kier alpha value is -2.87. The van der Waals surface area contributed by atoms with E-state index in [0.717, 1.165) is 0 Å². The van der Waals surface area contributed by atoms with E-state index in [2.05, 4.69) is 20.4 Å². The third-order valence-corrected chi connectivity index (χ3v) is 3.88. The number of carbonyl (C=O) groups excluding carboxylic acids is 1. The second-order valence-electron chi connectivity index (χ2n) is 5.96. The summed E-state index contributed by atoms with van der Waals surface area (Å²) in [5.41, 5.74) is 1.47. The molecule has 1 N–H and O–H groups in total. The standard InChI is InChI=1S/C18H19FN4O3/c1-10-8-14(13-5-4-12(19)9-15(13)20-10)17(24)21-11(2)18-22-16(23-26-18)6-7-25-3/h4-5,8-9,11H,6-7H2,1-3H3,(H,21,24). The van der Waals surface area contributed by atoms with Crippen molar-refractivity contribution in [3.8, 4) is 0 Å². The monoisotopic (exact) mass is 358 g/mol. The molecule has 26 heavy (non-hydrogen) atoms. The number of nitrogens with one attached hydrogen (secondary N) is 1. The fourth-order valence-electron chi connectivity index (χ4n) is 2.60. The molecule has 3 rings (SSSR count). The quantitative estimate of drug-likeness (QED) is 0.729. The summed E-state index contributed by atoms with van der Waals surface area (Å²) >= 11 is 0. The highest BCUT2D eigenvalue weighted by Gasteiger charge is 2.19. The van der Waals surface area contributed by atoms with Crippen LogP contribution in [0.25, 0.3) is 10.9 Å². The Kier molecular flexibility index (Phi) is 5.22. The van der Waals surface area contributed by atoms with Crippen LogP contribution in [0.4, 0.5) is 4.39 Å². The van der Waals surface area contributed by atoms with Crippen molar-refractivity contribution in [1.82, 2.24) is 20.4 Å². The Morgan fingerprint density at radius 3 is 2.92 bits per heavy atom. The van der Waals surface area contributed by atoms with Crippen molar-refractivity contribution in [2.45, 2.75) is 26.3 Å². The summed E-state index contributed by atoms with van der Waals surface area (Å²) in [4.78, 5) is 21.2. The molecule has 136 valence electrons. The molecule has 1 unspecified atom stereocenters. The zero-order chi connectivity index (χ0) is 18.7. The van der Waals surface area contributed by atoms with E-state index in [0.29, 0.717) is 46.9 Å². The van der Waals surface area contributed by atoms with Gasteiger partial charge in [0.15, 0.2) is 5.82 Å². The minimum absolute atomic E-state index is 0.311. The number of ether oxygens (including phenoxy) is 1. The van der Waals surface area contributed by atoms with Crippen molar-refractivity contribution in [3.05, 3.63) is 53.1 Å². The highest BCUT2D eigenvalue weighted by atomic mass is 19.1. The number of halogens is 1. The lowest BCUT2D eigenvalue weighted by atomic mass is 10.1. The maximum Gasteiger partial charge on any atom is 0.252 e. The van der Waals surface area contributed by atoms with E-state index in [1.54, 1.807) is 33.1 Å². The van der Waals surface area contributed by atoms with E-state index in [1.807, 2.05) is 0 Å². The molecule has 0 fully saturated rings. The molecule has 1 aromatic carbocycles. The van der Waals surface area contributed by atoms with Gasteiger partial charge in [-0.05, 0) is 32.0 Å². The van der Waals surface area contributed by atoms with E-state index in [4.69, 9.17) is 9.26 Å². The number of aryl methyl sites for hydroxylation is 1. The lowest BCUT2D eigenvalue weighted by molar-refractivity contribution is 0.0934. The lowest BCUT2D eigenvalue weighted by Gasteiger charge is -2.12. The van der Waals surface area contributed by atoms with Gasteiger partial charge in [-0.1, -0.05) is 5.16 Å². The van der Waals surface area contributed by atoms with Gasteiger partial charge in [0, 0.05) is 30.7 Å². The van der Waals surface area contributed by atoms with Gasteiger partial charge in [-0.2, -0.15) is 4.98 Å². The normalized spacial score (nSPS) is 12.3. The largest absolute Gasteiger partial charge is 0.384 e. The van der Waals surface area contributed by atoms with Crippen molar-refractivity contribution in [3.63, 3.8) is 0 Å². The Bertz CT molecular complexity index is 936. The molecule has 0 spiro atoms. The SMILES string of the molecule is COCCc1noc(C(C)NC(=O)c2cc(C)nc3cc(F)ccc23)n1. The predicted molar refractivity (Wildman–Crippen MR) is 92.2 cm³/mol. The van der Waals surface area contributed by atoms with E-state index in [-0.39, 0.29) is 5.91 Å². The van der Waals surface area contributed by atoms with Crippen LogP contribution in [0.1, 0.15) is 40.7 Å². The molecule has 2 heterocycles. The number of amides is 1. The topological polar surface area (TPSA) is 90.1 Å². The van der Waals surface area contributed by atoms with Gasteiger partial charge < -0.3 is 14.6 Å². The molecule has 1 atom stereocenters. The Morgan fingerprint density at radius 2 is 2.15 bits per heavy atom. The molecular formula is C18H19FN4O3. The summed E-state index contributed by atoms with van der Waals surface area (Å²) in [6, 6.07) is 5.35. The molecule has 3 aromatic rings. The van der Waals surface area contributed by atoms with Gasteiger partial charge in [-0.15, -0.1) is 0 Å². The van der Waals surface area contributed by atoms with Crippen LogP contribution in [-0.2, 0) is 11.2 Å². The molecule has 0 aliphatic rings. The first-order chi connectivity index (χ1) is 12.5. The molecule has 0 bridgehead atoms. The maximum atomic E-state index is 13.4. The Labute approximate surface area is 149 Å². The molecule has 0 saturated heterocycles. The van der Waals surface area contributed by atoms with Crippen LogP contribution >= 0.6 is 0 Å². The van der Waals surface area contributed by atoms with Crippen molar-refractivity contribution in [2.24, 2.45) is 0 Å². The molecular weight excluding hydrogens is 339 g/mol. The molecule has 2 aromatic heterocycles. The number of hydrogen-bond acceptors (Lipinski definition) is 6. The minimum atomic E-state index is -0.477. The van der Waals surface area contributed by atoms with E-state index < -0.39 is 11.9 Å². The molecule has 8 heteroatoms. The van der Waals surface area contributed by atoms with Crippen LogP contribution in [0, 0.1) is 12.7 Å². The highest BCUT2D eigenvalue weighted by molar-refractivity contribution is 6.06. The minimum Gasteiger partial charge on any atom is -0.384 e. The van der Waals surface area contributed by atoms with Gasteiger partial charge in [-0.3, -0.25) is 9.78 Å². The molecule has 0 saturated carbocycles. The van der Waals surface area contributed by atoms with Gasteiger partial charge in [0.25, 0.3) is 5.91 Å². The molecule has 0 radical (unpaired) electrons. The highest BCUT2D eigenvalue weighted by Crippen LogP contribution is 2.21. The van der Waals surface area contributed by atoms with Gasteiger partial charge in [-0.25, -0.2) is 4.39 Å². The number of methoxy groups -OCH3 is 1. The molecule has 1 amide bonds. The van der Waals surface area contributed by atoms with Gasteiger partial charge >= 0.3 is 0 Å². The fourth-order valence-corrected chi connectivity index (χ4v) is 2.60.